The van der Waals surface area contributed by atoms with Crippen molar-refractivity contribution in [3.05, 3.63) is 45.6 Å². The number of nitrogens with one attached hydrogen (secondary N) is 1. The maximum absolute atomic E-state index is 11.2. The molecule has 3 N–H and O–H groups in total. The van der Waals surface area contributed by atoms with E-state index in [0.29, 0.717) is 17.9 Å². The fourth-order valence-electron chi connectivity index (χ4n) is 1.76. The average Bonchev–Trinajstić information content (AvgIpc) is 2.81. The van der Waals surface area contributed by atoms with Crippen molar-refractivity contribution < 1.29 is 9.53 Å². The first-order valence-corrected chi connectivity index (χ1v) is 6.69. The van der Waals surface area contributed by atoms with Crippen molar-refractivity contribution in [2.45, 2.75) is 13.5 Å². The second-order valence-corrected chi connectivity index (χ2v) is 5.52. The van der Waals surface area contributed by atoms with E-state index in [4.69, 9.17) is 10.5 Å². The van der Waals surface area contributed by atoms with Gasteiger partial charge < -0.3 is 15.8 Å². The number of primary amides is 1. The number of methoxy groups -OCH3 is 1. The molecule has 2 aromatic rings. The molecule has 0 aliphatic heterocycles. The predicted octanol–water partition coefficient (Wildman–Crippen LogP) is 2.78. The van der Waals surface area contributed by atoms with E-state index in [1.165, 1.54) is 9.75 Å². The van der Waals surface area contributed by atoms with Crippen LogP contribution < -0.4 is 15.8 Å². The van der Waals surface area contributed by atoms with Gasteiger partial charge >= 0.3 is 0 Å². The highest BCUT2D eigenvalue weighted by atomic mass is 32.1. The summed E-state index contributed by atoms with van der Waals surface area (Å²) in [5, 5.41) is 3.27. The lowest BCUT2D eigenvalue weighted by molar-refractivity contribution is 0.100. The van der Waals surface area contributed by atoms with Gasteiger partial charge in [0.1, 0.15) is 5.75 Å². The van der Waals surface area contributed by atoms with Crippen LogP contribution in [0.2, 0.25) is 0 Å². The van der Waals surface area contributed by atoms with E-state index in [1.54, 1.807) is 36.6 Å². The van der Waals surface area contributed by atoms with Gasteiger partial charge in [0, 0.05) is 21.9 Å². The molecule has 0 radical (unpaired) electrons. The van der Waals surface area contributed by atoms with E-state index in [9.17, 15) is 4.79 Å². The number of hydrogen-bond donors (Lipinski definition) is 2. The number of rotatable bonds is 5. The molecule has 0 saturated heterocycles. The molecule has 0 aliphatic rings. The van der Waals surface area contributed by atoms with Gasteiger partial charge in [-0.25, -0.2) is 0 Å². The van der Waals surface area contributed by atoms with E-state index >= 15 is 0 Å². The van der Waals surface area contributed by atoms with Crippen LogP contribution in [0.15, 0.2) is 30.3 Å². The Labute approximate surface area is 116 Å². The van der Waals surface area contributed by atoms with Crippen LogP contribution in [-0.2, 0) is 6.54 Å². The summed E-state index contributed by atoms with van der Waals surface area (Å²) in [7, 11) is 1.60. The van der Waals surface area contributed by atoms with Crippen LogP contribution in [0.4, 0.5) is 5.69 Å². The topological polar surface area (TPSA) is 64.3 Å². The van der Waals surface area contributed by atoms with Gasteiger partial charge in [-0.05, 0) is 37.3 Å². The molecule has 0 fully saturated rings. The number of ether oxygens (including phenoxy) is 1. The summed E-state index contributed by atoms with van der Waals surface area (Å²) in [5.74, 6) is 0.246. The minimum absolute atomic E-state index is 0.447. The number of anilines is 1. The van der Waals surface area contributed by atoms with E-state index in [-0.39, 0.29) is 0 Å². The van der Waals surface area contributed by atoms with Crippen molar-refractivity contribution in [2.24, 2.45) is 5.73 Å². The maximum atomic E-state index is 11.2. The van der Waals surface area contributed by atoms with Crippen LogP contribution in [0, 0.1) is 6.92 Å². The Hall–Kier alpha value is -2.01. The molecule has 0 unspecified atom stereocenters. The van der Waals surface area contributed by atoms with Crippen molar-refractivity contribution >= 4 is 22.9 Å². The fraction of sp³-hybridized carbons (Fsp3) is 0.214. The number of benzene rings is 1. The lowest BCUT2D eigenvalue weighted by Gasteiger charge is -2.11. The second kappa shape index (κ2) is 5.75. The Morgan fingerprint density at radius 2 is 2.16 bits per heavy atom. The zero-order valence-corrected chi connectivity index (χ0v) is 11.7. The molecule has 5 heteroatoms. The predicted molar refractivity (Wildman–Crippen MR) is 77.9 cm³/mol. The largest absolute Gasteiger partial charge is 0.495 e. The number of carbonyl (C=O) groups is 1. The molecule has 0 bridgehead atoms. The van der Waals surface area contributed by atoms with Gasteiger partial charge in [-0.1, -0.05) is 0 Å². The molecular formula is C14H16N2O2S. The number of thiophene rings is 1. The first-order valence-electron chi connectivity index (χ1n) is 5.87. The average molecular weight is 276 g/mol. The summed E-state index contributed by atoms with van der Waals surface area (Å²) in [5.41, 5.74) is 6.51. The highest BCUT2D eigenvalue weighted by Gasteiger charge is 2.08. The van der Waals surface area contributed by atoms with E-state index in [2.05, 4.69) is 24.4 Å². The smallest absolute Gasteiger partial charge is 0.248 e. The minimum Gasteiger partial charge on any atom is -0.495 e. The molecule has 1 aromatic carbocycles. The Balaban J connectivity index is 2.17. The van der Waals surface area contributed by atoms with Gasteiger partial charge in [0.25, 0.3) is 0 Å². The van der Waals surface area contributed by atoms with Crippen molar-refractivity contribution in [2.75, 3.05) is 12.4 Å². The van der Waals surface area contributed by atoms with Gasteiger partial charge in [0.05, 0.1) is 12.8 Å². The maximum Gasteiger partial charge on any atom is 0.248 e. The van der Waals surface area contributed by atoms with E-state index in [0.717, 1.165) is 5.69 Å². The summed E-state index contributed by atoms with van der Waals surface area (Å²) in [6.45, 7) is 2.76. The summed E-state index contributed by atoms with van der Waals surface area (Å²) >= 11 is 1.74. The zero-order chi connectivity index (χ0) is 13.8. The van der Waals surface area contributed by atoms with Gasteiger partial charge in [-0.15, -0.1) is 11.3 Å². The van der Waals surface area contributed by atoms with Crippen LogP contribution in [0.25, 0.3) is 0 Å². The monoisotopic (exact) mass is 276 g/mol. The summed E-state index contributed by atoms with van der Waals surface area (Å²) in [6, 6.07) is 9.27. The molecule has 0 aliphatic carbocycles. The van der Waals surface area contributed by atoms with Gasteiger partial charge in [-0.3, -0.25) is 4.79 Å². The second-order valence-electron chi connectivity index (χ2n) is 4.15. The highest BCUT2D eigenvalue weighted by molar-refractivity contribution is 7.11. The fourth-order valence-corrected chi connectivity index (χ4v) is 2.59. The first kappa shape index (κ1) is 13.4. The number of hydrogen-bond acceptors (Lipinski definition) is 4. The van der Waals surface area contributed by atoms with Crippen molar-refractivity contribution in [3.63, 3.8) is 0 Å². The first-order chi connectivity index (χ1) is 9.10. The Kier molecular flexibility index (Phi) is 4.06. The molecule has 1 heterocycles. The molecular weight excluding hydrogens is 260 g/mol. The number of amides is 1. The van der Waals surface area contributed by atoms with Crippen molar-refractivity contribution in [1.82, 2.24) is 0 Å². The lowest BCUT2D eigenvalue weighted by Crippen LogP contribution is -2.11. The molecule has 1 amide bonds. The standard InChI is InChI=1S/C14H16N2O2S/c1-9-3-5-11(19-9)8-16-12-7-10(14(15)17)4-6-13(12)18-2/h3-7,16H,8H2,1-2H3,(H2,15,17). The number of carbonyl (C=O) groups excluding carboxylic acids is 1. The van der Waals surface area contributed by atoms with E-state index < -0.39 is 5.91 Å². The van der Waals surface area contributed by atoms with Gasteiger partial charge in [0.15, 0.2) is 0 Å². The summed E-state index contributed by atoms with van der Waals surface area (Å²) in [4.78, 5) is 13.7. The van der Waals surface area contributed by atoms with Gasteiger partial charge in [-0.2, -0.15) is 0 Å². The molecule has 0 saturated carbocycles. The highest BCUT2D eigenvalue weighted by Crippen LogP contribution is 2.26. The zero-order valence-electron chi connectivity index (χ0n) is 10.9. The lowest BCUT2D eigenvalue weighted by atomic mass is 10.1. The molecule has 0 atom stereocenters. The molecule has 0 spiro atoms. The minimum atomic E-state index is -0.447. The third-order valence-electron chi connectivity index (χ3n) is 2.73. The van der Waals surface area contributed by atoms with Crippen LogP contribution in [0.5, 0.6) is 5.75 Å². The molecule has 4 nitrogen and oxygen atoms in total. The molecule has 1 aromatic heterocycles. The SMILES string of the molecule is COc1ccc(C(N)=O)cc1NCc1ccc(C)s1. The molecule has 100 valence electrons. The Morgan fingerprint density at radius 3 is 2.74 bits per heavy atom. The van der Waals surface area contributed by atoms with Gasteiger partial charge in [0.2, 0.25) is 5.91 Å². The number of aryl methyl sites for hydroxylation is 1. The Morgan fingerprint density at radius 1 is 1.37 bits per heavy atom. The number of nitrogens with two attached hydrogens (primary N) is 1. The van der Waals surface area contributed by atoms with Crippen LogP contribution in [0.3, 0.4) is 0 Å². The molecule has 19 heavy (non-hydrogen) atoms. The normalized spacial score (nSPS) is 10.2. The summed E-state index contributed by atoms with van der Waals surface area (Å²) in [6.07, 6.45) is 0. The summed E-state index contributed by atoms with van der Waals surface area (Å²) < 4.78 is 5.26. The third-order valence-corrected chi connectivity index (χ3v) is 3.73. The van der Waals surface area contributed by atoms with Crippen molar-refractivity contribution in [3.8, 4) is 5.75 Å². The quantitative estimate of drug-likeness (QED) is 0.882. The van der Waals surface area contributed by atoms with Crippen LogP contribution in [0.1, 0.15) is 20.1 Å². The van der Waals surface area contributed by atoms with E-state index in [1.807, 2.05) is 0 Å². The van der Waals surface area contributed by atoms with Crippen molar-refractivity contribution in [1.29, 1.82) is 0 Å². The van der Waals surface area contributed by atoms with Crippen LogP contribution >= 0.6 is 11.3 Å². The third kappa shape index (κ3) is 3.26. The van der Waals surface area contributed by atoms with Crippen LogP contribution in [-0.4, -0.2) is 13.0 Å². The Bertz CT molecular complexity index is 593. The molecule has 2 rings (SSSR count).